The van der Waals surface area contributed by atoms with Gasteiger partial charge in [0.1, 0.15) is 11.2 Å². The van der Waals surface area contributed by atoms with E-state index < -0.39 is 0 Å². The highest BCUT2D eigenvalue weighted by atomic mass is 16.3. The lowest BCUT2D eigenvalue weighted by atomic mass is 9.96. The maximum atomic E-state index is 6.58. The molecule has 3 nitrogen and oxygen atoms in total. The molecule has 0 fully saturated rings. The van der Waals surface area contributed by atoms with Gasteiger partial charge in [-0.25, -0.2) is 0 Å². The smallest absolute Gasteiger partial charge is 0.136 e. The van der Waals surface area contributed by atoms with E-state index in [0.717, 1.165) is 61.0 Å². The lowest BCUT2D eigenvalue weighted by Crippen LogP contribution is -2.10. The molecule has 0 aliphatic rings. The van der Waals surface area contributed by atoms with Crippen molar-refractivity contribution < 1.29 is 4.42 Å². The maximum absolute atomic E-state index is 6.58. The molecule has 286 valence electrons. The second-order valence-corrected chi connectivity index (χ2v) is 15.7. The fourth-order valence-corrected chi connectivity index (χ4v) is 9.35. The molecule has 0 aliphatic carbocycles. The molecule has 0 radical (unpaired) electrons. The zero-order valence-electron chi connectivity index (χ0n) is 33.2. The SMILES string of the molecule is c1ccc(-c2ccc(N(c3cccc(-c4ccccc4)c3)c3ccc4c(ccc5oc6ccc(-c7cccc8c7c7ccccc7n8-c7ccccc7)cc6c54)c3)cc2)cc1. The first-order chi connectivity index (χ1) is 30.2. The number of hydrogen-bond acceptors (Lipinski definition) is 2. The average Bonchev–Trinajstić information content (AvgIpc) is 3.89. The van der Waals surface area contributed by atoms with Gasteiger partial charge in [0.05, 0.1) is 11.0 Å². The van der Waals surface area contributed by atoms with E-state index in [9.17, 15) is 0 Å². The third-order valence-electron chi connectivity index (χ3n) is 12.2. The largest absolute Gasteiger partial charge is 0.456 e. The maximum Gasteiger partial charge on any atom is 0.136 e. The second-order valence-electron chi connectivity index (χ2n) is 15.7. The van der Waals surface area contributed by atoms with Crippen LogP contribution in [0.1, 0.15) is 0 Å². The molecule has 0 spiro atoms. The Morgan fingerprint density at radius 3 is 1.74 bits per heavy atom. The number of fused-ring (bicyclic) bond motifs is 8. The summed E-state index contributed by atoms with van der Waals surface area (Å²) in [5.41, 5.74) is 15.7. The van der Waals surface area contributed by atoms with Crippen LogP contribution in [0.5, 0.6) is 0 Å². The molecule has 0 bridgehead atoms. The molecule has 0 atom stereocenters. The van der Waals surface area contributed by atoms with Crippen molar-refractivity contribution in [3.8, 4) is 39.1 Å². The number of para-hydroxylation sites is 2. The number of hydrogen-bond donors (Lipinski definition) is 0. The number of anilines is 3. The Kier molecular flexibility index (Phi) is 8.17. The molecule has 0 unspecified atom stereocenters. The monoisotopic (exact) mass is 778 g/mol. The van der Waals surface area contributed by atoms with E-state index in [2.05, 4.69) is 240 Å². The van der Waals surface area contributed by atoms with Gasteiger partial charge in [0.25, 0.3) is 0 Å². The van der Waals surface area contributed by atoms with Crippen LogP contribution >= 0.6 is 0 Å². The quantitative estimate of drug-likeness (QED) is 0.161. The first kappa shape index (κ1) is 34.9. The fraction of sp³-hybridized carbons (Fsp3) is 0. The van der Waals surface area contributed by atoms with Gasteiger partial charge in [-0.05, 0) is 123 Å². The molecule has 3 heteroatoms. The molecule has 0 aliphatic heterocycles. The normalized spacial score (nSPS) is 11.6. The van der Waals surface area contributed by atoms with Gasteiger partial charge in [-0.1, -0.05) is 152 Å². The van der Waals surface area contributed by atoms with Gasteiger partial charge in [0.15, 0.2) is 0 Å². The van der Waals surface area contributed by atoms with Crippen LogP contribution in [-0.2, 0) is 0 Å². The van der Waals surface area contributed by atoms with Gasteiger partial charge >= 0.3 is 0 Å². The topological polar surface area (TPSA) is 21.3 Å². The molecule has 0 saturated heterocycles. The average molecular weight is 779 g/mol. The fourth-order valence-electron chi connectivity index (χ4n) is 9.35. The molecule has 0 N–H and O–H groups in total. The zero-order valence-corrected chi connectivity index (χ0v) is 33.2. The molecule has 0 saturated carbocycles. The first-order valence-corrected chi connectivity index (χ1v) is 20.8. The second kappa shape index (κ2) is 14.3. The van der Waals surface area contributed by atoms with E-state index in [4.69, 9.17) is 4.42 Å². The van der Waals surface area contributed by atoms with Crippen molar-refractivity contribution in [3.63, 3.8) is 0 Å². The summed E-state index contributed by atoms with van der Waals surface area (Å²) in [5.74, 6) is 0. The number of rotatable bonds is 7. The Balaban J connectivity index is 1.01. The van der Waals surface area contributed by atoms with Crippen molar-refractivity contribution in [1.82, 2.24) is 4.57 Å². The summed E-state index contributed by atoms with van der Waals surface area (Å²) in [7, 11) is 0. The Labute approximate surface area is 353 Å². The minimum atomic E-state index is 0.882. The van der Waals surface area contributed by atoms with Crippen molar-refractivity contribution in [1.29, 1.82) is 0 Å². The third kappa shape index (κ3) is 5.90. The summed E-state index contributed by atoms with van der Waals surface area (Å²) >= 11 is 0. The Morgan fingerprint density at radius 1 is 0.328 bits per heavy atom. The molecular weight excluding hydrogens is 741 g/mol. The number of nitrogens with zero attached hydrogens (tertiary/aromatic N) is 2. The van der Waals surface area contributed by atoms with Crippen LogP contribution in [-0.4, -0.2) is 4.57 Å². The number of furan rings is 1. The van der Waals surface area contributed by atoms with Gasteiger partial charge in [0.2, 0.25) is 0 Å². The van der Waals surface area contributed by atoms with Crippen LogP contribution in [0.3, 0.4) is 0 Å². The van der Waals surface area contributed by atoms with Crippen LogP contribution in [0.25, 0.3) is 93.6 Å². The van der Waals surface area contributed by atoms with Crippen LogP contribution < -0.4 is 4.90 Å². The summed E-state index contributed by atoms with van der Waals surface area (Å²) in [5, 5.41) is 7.03. The van der Waals surface area contributed by atoms with Gasteiger partial charge in [-0.3, -0.25) is 0 Å². The summed E-state index contributed by atoms with van der Waals surface area (Å²) in [6.45, 7) is 0. The minimum absolute atomic E-state index is 0.882. The van der Waals surface area contributed by atoms with Crippen molar-refractivity contribution in [2.45, 2.75) is 0 Å². The van der Waals surface area contributed by atoms with E-state index in [-0.39, 0.29) is 0 Å². The van der Waals surface area contributed by atoms with Crippen LogP contribution in [0.15, 0.2) is 235 Å². The highest BCUT2D eigenvalue weighted by molar-refractivity contribution is 6.21. The minimum Gasteiger partial charge on any atom is -0.456 e. The third-order valence-corrected chi connectivity index (χ3v) is 12.2. The summed E-state index contributed by atoms with van der Waals surface area (Å²) in [6, 6.07) is 82.8. The highest BCUT2D eigenvalue weighted by Gasteiger charge is 2.19. The predicted molar refractivity (Wildman–Crippen MR) is 257 cm³/mol. The Hall–Kier alpha value is -8.14. The van der Waals surface area contributed by atoms with E-state index >= 15 is 0 Å². The molecular formula is C58H38N2O. The van der Waals surface area contributed by atoms with Crippen LogP contribution in [0, 0.1) is 0 Å². The lowest BCUT2D eigenvalue weighted by Gasteiger charge is -2.26. The Morgan fingerprint density at radius 2 is 0.934 bits per heavy atom. The zero-order chi connectivity index (χ0) is 40.3. The van der Waals surface area contributed by atoms with Crippen molar-refractivity contribution >= 4 is 71.6 Å². The summed E-state index contributed by atoms with van der Waals surface area (Å²) in [6.07, 6.45) is 0. The molecule has 12 rings (SSSR count). The van der Waals surface area contributed by atoms with E-state index in [1.807, 2.05) is 0 Å². The van der Waals surface area contributed by atoms with E-state index in [1.165, 1.54) is 49.6 Å². The Bertz CT molecular complexity index is 3570. The summed E-state index contributed by atoms with van der Waals surface area (Å²) in [4.78, 5) is 2.36. The molecule has 0 amide bonds. The van der Waals surface area contributed by atoms with Gasteiger partial charge in [0, 0.05) is 44.3 Å². The van der Waals surface area contributed by atoms with Gasteiger partial charge in [-0.2, -0.15) is 0 Å². The number of benzene rings is 10. The standard InChI is InChI=1S/C58H38N2O/c1-4-14-39(15-5-1)41-26-30-46(31-27-41)59(47-21-12-18-42(36-47)40-16-6-2-7-17-40)48-32-33-50-43(37-48)29-35-56-58(50)52-38-44(28-34-55(52)61-56)49-23-13-25-54-57(49)51-22-10-11-24-53(51)60(54)45-19-8-3-9-20-45/h1-38H. The lowest BCUT2D eigenvalue weighted by molar-refractivity contribution is 0.669. The first-order valence-electron chi connectivity index (χ1n) is 20.8. The summed E-state index contributed by atoms with van der Waals surface area (Å²) < 4.78 is 8.95. The van der Waals surface area contributed by atoms with Crippen molar-refractivity contribution in [2.75, 3.05) is 4.90 Å². The molecule has 61 heavy (non-hydrogen) atoms. The van der Waals surface area contributed by atoms with E-state index in [1.54, 1.807) is 0 Å². The van der Waals surface area contributed by atoms with Crippen molar-refractivity contribution in [2.24, 2.45) is 0 Å². The molecule has 2 aromatic heterocycles. The molecule has 12 aromatic rings. The number of aromatic nitrogens is 1. The van der Waals surface area contributed by atoms with E-state index in [0.29, 0.717) is 0 Å². The van der Waals surface area contributed by atoms with Crippen LogP contribution in [0.2, 0.25) is 0 Å². The molecule has 10 aromatic carbocycles. The van der Waals surface area contributed by atoms with Gasteiger partial charge < -0.3 is 13.9 Å². The van der Waals surface area contributed by atoms with Crippen LogP contribution in [0.4, 0.5) is 17.1 Å². The van der Waals surface area contributed by atoms with Gasteiger partial charge in [-0.15, -0.1) is 0 Å². The highest BCUT2D eigenvalue weighted by Crippen LogP contribution is 2.44. The predicted octanol–water partition coefficient (Wildman–Crippen LogP) is 16.3. The van der Waals surface area contributed by atoms with Crippen molar-refractivity contribution in [3.05, 3.63) is 231 Å². The molecule has 2 heterocycles.